The molecular weight excluding hydrogens is 729 g/mol. The van der Waals surface area contributed by atoms with Crippen molar-refractivity contribution in [2.75, 3.05) is 27.3 Å². The van der Waals surface area contributed by atoms with Gasteiger partial charge in [-0.15, -0.1) is 0 Å². The molecule has 57 heavy (non-hydrogen) atoms. The van der Waals surface area contributed by atoms with Gasteiger partial charge in [0.25, 0.3) is 0 Å². The van der Waals surface area contributed by atoms with Gasteiger partial charge in [-0.2, -0.15) is 0 Å². The average Bonchev–Trinajstić information content (AvgIpc) is 4.05. The smallest absolute Gasteiger partial charge is 0.407 e. The first-order valence-electron chi connectivity index (χ1n) is 19.6. The summed E-state index contributed by atoms with van der Waals surface area (Å²) < 4.78 is 16.1. The zero-order valence-electron chi connectivity index (χ0n) is 33.0. The van der Waals surface area contributed by atoms with Gasteiger partial charge in [0.2, 0.25) is 11.8 Å². The van der Waals surface area contributed by atoms with Crippen molar-refractivity contribution in [3.05, 3.63) is 60.2 Å². The summed E-state index contributed by atoms with van der Waals surface area (Å²) in [5, 5.41) is 8.32. The number of amides is 4. The number of carbonyl (C=O) groups excluding carboxylic acids is 4. The number of rotatable bonds is 9. The number of hydrogen-bond donors (Lipinski definition) is 4. The van der Waals surface area contributed by atoms with Crippen LogP contribution in [0, 0.1) is 11.8 Å². The number of aromatic amines is 2. The van der Waals surface area contributed by atoms with Crippen molar-refractivity contribution >= 4 is 67.8 Å². The summed E-state index contributed by atoms with van der Waals surface area (Å²) in [7, 11) is 2.57. The quantitative estimate of drug-likeness (QED) is 0.119. The minimum Gasteiger partial charge on any atom is -0.454 e. The van der Waals surface area contributed by atoms with E-state index in [1.165, 1.54) is 14.2 Å². The van der Waals surface area contributed by atoms with Crippen molar-refractivity contribution in [3.8, 4) is 11.3 Å². The lowest BCUT2D eigenvalue weighted by atomic mass is 10.0. The van der Waals surface area contributed by atoms with Crippen LogP contribution in [0.3, 0.4) is 0 Å². The lowest BCUT2D eigenvalue weighted by Gasteiger charge is -2.29. The predicted molar refractivity (Wildman–Crippen MR) is 214 cm³/mol. The zero-order chi connectivity index (χ0) is 40.1. The summed E-state index contributed by atoms with van der Waals surface area (Å²) in [5.41, 5.74) is 4.77. The van der Waals surface area contributed by atoms with Gasteiger partial charge in [0.1, 0.15) is 35.0 Å². The number of alkyl carbamates (subject to hydrolysis) is 2. The molecule has 4 amide bonds. The second kappa shape index (κ2) is 15.1. The molecule has 2 aliphatic heterocycles. The molecule has 0 radical (unpaired) electrons. The van der Waals surface area contributed by atoms with Crippen LogP contribution in [0.4, 0.5) is 9.59 Å². The van der Waals surface area contributed by atoms with Crippen LogP contribution in [-0.2, 0) is 19.1 Å². The second-order valence-electron chi connectivity index (χ2n) is 15.7. The Balaban J connectivity index is 1.06. The fourth-order valence-corrected chi connectivity index (χ4v) is 8.42. The largest absolute Gasteiger partial charge is 0.454 e. The van der Waals surface area contributed by atoms with Gasteiger partial charge in [-0.05, 0) is 73.2 Å². The number of nitrogens with one attached hydrogen (secondary N) is 4. The lowest BCUT2D eigenvalue weighted by molar-refractivity contribution is -0.136. The Kier molecular flexibility index (Phi) is 10.0. The van der Waals surface area contributed by atoms with Gasteiger partial charge in [0.15, 0.2) is 5.58 Å². The van der Waals surface area contributed by atoms with Crippen LogP contribution in [0.25, 0.3) is 55.1 Å². The Morgan fingerprint density at radius 1 is 0.719 bits per heavy atom. The molecule has 0 aliphatic carbocycles. The predicted octanol–water partition coefficient (Wildman–Crippen LogP) is 7.09. The van der Waals surface area contributed by atoms with Crippen LogP contribution >= 0.6 is 0 Å². The Bertz CT molecular complexity index is 2520. The molecule has 298 valence electrons. The van der Waals surface area contributed by atoms with E-state index in [1.54, 1.807) is 4.90 Å². The van der Waals surface area contributed by atoms with Crippen molar-refractivity contribution in [2.24, 2.45) is 11.8 Å². The number of H-pyrrole nitrogens is 2. The Morgan fingerprint density at radius 2 is 1.25 bits per heavy atom. The molecule has 0 saturated carbocycles. The van der Waals surface area contributed by atoms with Crippen LogP contribution in [0.1, 0.15) is 77.1 Å². The summed E-state index contributed by atoms with van der Waals surface area (Å²) in [6.45, 7) is 8.73. The molecule has 8 rings (SSSR count). The van der Waals surface area contributed by atoms with Crippen molar-refractivity contribution < 1.29 is 33.1 Å². The molecule has 3 aromatic heterocycles. The van der Waals surface area contributed by atoms with Gasteiger partial charge in [-0.3, -0.25) is 9.59 Å². The minimum absolute atomic E-state index is 0.122. The first-order valence-corrected chi connectivity index (χ1v) is 19.6. The summed E-state index contributed by atoms with van der Waals surface area (Å²) >= 11 is 0. The third-order valence-corrected chi connectivity index (χ3v) is 11.4. The molecule has 2 fully saturated rings. The van der Waals surface area contributed by atoms with Crippen LogP contribution in [0.5, 0.6) is 0 Å². The molecule has 2 saturated heterocycles. The van der Waals surface area contributed by atoms with Crippen molar-refractivity contribution in [3.63, 3.8) is 0 Å². The van der Waals surface area contributed by atoms with Gasteiger partial charge < -0.3 is 44.3 Å². The number of ether oxygens (including phenoxy) is 2. The van der Waals surface area contributed by atoms with Crippen LogP contribution < -0.4 is 10.6 Å². The van der Waals surface area contributed by atoms with E-state index in [0.717, 1.165) is 75.3 Å². The summed E-state index contributed by atoms with van der Waals surface area (Å²) in [6, 6.07) is 14.2. The second-order valence-corrected chi connectivity index (χ2v) is 15.7. The minimum atomic E-state index is -0.718. The van der Waals surface area contributed by atoms with E-state index in [4.69, 9.17) is 23.9 Å². The molecule has 4 atom stereocenters. The van der Waals surface area contributed by atoms with Crippen molar-refractivity contribution in [2.45, 2.75) is 77.5 Å². The number of aromatic nitrogens is 4. The fourth-order valence-electron chi connectivity index (χ4n) is 8.42. The first-order chi connectivity index (χ1) is 27.4. The van der Waals surface area contributed by atoms with E-state index in [2.05, 4.69) is 32.7 Å². The van der Waals surface area contributed by atoms with Gasteiger partial charge in [0, 0.05) is 29.4 Å². The number of methoxy groups -OCH3 is 2. The van der Waals surface area contributed by atoms with Gasteiger partial charge in [0.05, 0.1) is 42.9 Å². The van der Waals surface area contributed by atoms with E-state index in [0.29, 0.717) is 30.3 Å². The van der Waals surface area contributed by atoms with E-state index >= 15 is 0 Å². The van der Waals surface area contributed by atoms with Crippen molar-refractivity contribution in [1.29, 1.82) is 0 Å². The molecule has 0 spiro atoms. The van der Waals surface area contributed by atoms with E-state index in [9.17, 15) is 19.2 Å². The van der Waals surface area contributed by atoms with E-state index in [1.807, 2.05) is 69.0 Å². The van der Waals surface area contributed by atoms with Crippen LogP contribution in [0.2, 0.25) is 0 Å². The topological polar surface area (TPSA) is 188 Å². The zero-order valence-corrected chi connectivity index (χ0v) is 33.0. The molecule has 3 aromatic carbocycles. The van der Waals surface area contributed by atoms with Gasteiger partial charge in [-0.25, -0.2) is 19.6 Å². The molecule has 6 aromatic rings. The highest BCUT2D eigenvalue weighted by atomic mass is 16.5. The number of likely N-dealkylation sites (tertiary alicyclic amines) is 2. The SMILES string of the molecule is COC(=O)N[C@H](C(=O)N1CCC[C@H]1c1nc2ccc3cc(-c4cc5ccc6nc([C@@H]7CCCN7C(=O)[C@@H](NC(=O)OC)C(C)C)[nH]c6c5o4)ccc3c2[nH]1)C(C)C. The van der Waals surface area contributed by atoms with Gasteiger partial charge in [-0.1, -0.05) is 45.9 Å². The molecule has 2 aliphatic rings. The standard InChI is InChI=1S/C42H48N8O7/c1-21(2)32(47-41(53)55-5)39(51)49-17-7-9-29(49)37-43-27-15-12-23-19-24(11-14-26(23)34(27)45-37)31-20-25-13-16-28-35(36(25)57-31)46-38(44-28)30-10-8-18-50(30)40(52)33(22(3)4)48-42(54)56-6/h11-16,19-22,29-30,32-33H,7-10,17-18H2,1-6H3,(H,43,45)(H,44,46)(H,47,53)(H,48,54)/t29-,30-,32-,33-/m0/s1. The lowest BCUT2D eigenvalue weighted by Crippen LogP contribution is -2.51. The number of furan rings is 1. The van der Waals surface area contributed by atoms with E-state index in [-0.39, 0.29) is 35.7 Å². The number of fused-ring (bicyclic) bond motifs is 6. The molecule has 5 heterocycles. The maximum absolute atomic E-state index is 13.7. The highest BCUT2D eigenvalue weighted by Gasteiger charge is 2.39. The van der Waals surface area contributed by atoms with Crippen LogP contribution in [-0.4, -0.2) is 93.1 Å². The molecule has 0 bridgehead atoms. The summed E-state index contributed by atoms with van der Waals surface area (Å²) in [6.07, 6.45) is 1.89. The summed E-state index contributed by atoms with van der Waals surface area (Å²) in [5.74, 6) is 1.53. The third-order valence-electron chi connectivity index (χ3n) is 11.4. The maximum atomic E-state index is 13.7. The van der Waals surface area contributed by atoms with Crippen molar-refractivity contribution in [1.82, 2.24) is 40.4 Å². The highest BCUT2D eigenvalue weighted by Crippen LogP contribution is 2.38. The molecule has 15 heteroatoms. The van der Waals surface area contributed by atoms with Crippen LogP contribution in [0.15, 0.2) is 52.9 Å². The molecule has 15 nitrogen and oxygen atoms in total. The third kappa shape index (κ3) is 6.88. The fraction of sp³-hybridized carbons (Fsp3) is 0.429. The normalized spacial score (nSPS) is 18.3. The Morgan fingerprint density at radius 3 is 1.79 bits per heavy atom. The number of carbonyl (C=O) groups is 4. The number of nitrogens with zero attached hydrogens (tertiary/aromatic N) is 4. The Hall–Kier alpha value is -6.12. The first kappa shape index (κ1) is 37.8. The molecule has 0 unspecified atom stereocenters. The highest BCUT2D eigenvalue weighted by molar-refractivity contribution is 6.06. The van der Waals surface area contributed by atoms with Gasteiger partial charge >= 0.3 is 12.2 Å². The Labute approximate surface area is 328 Å². The van der Waals surface area contributed by atoms with E-state index < -0.39 is 24.3 Å². The average molecular weight is 777 g/mol. The number of imidazole rings is 2. The number of hydrogen-bond acceptors (Lipinski definition) is 9. The maximum Gasteiger partial charge on any atom is 0.407 e. The summed E-state index contributed by atoms with van der Waals surface area (Å²) in [4.78, 5) is 72.0. The molecular formula is C42H48N8O7. The molecule has 4 N–H and O–H groups in total. The monoisotopic (exact) mass is 776 g/mol. The number of benzene rings is 3.